The Bertz CT molecular complexity index is 678. The van der Waals surface area contributed by atoms with Crippen molar-refractivity contribution in [1.82, 2.24) is 0 Å². The Hall–Kier alpha value is -1.09. The van der Waals surface area contributed by atoms with E-state index in [0.717, 1.165) is 35.4 Å². The van der Waals surface area contributed by atoms with Crippen LogP contribution in [0, 0.1) is 17.8 Å². The normalized spacial score (nSPS) is 33.3. The summed E-state index contributed by atoms with van der Waals surface area (Å²) in [5.41, 5.74) is 2.41. The highest BCUT2D eigenvalue weighted by atomic mass is 28.4. The van der Waals surface area contributed by atoms with Crippen LogP contribution in [0.25, 0.3) is 0 Å². The highest BCUT2D eigenvalue weighted by Gasteiger charge is 2.53. The third kappa shape index (κ3) is 2.96. The van der Waals surface area contributed by atoms with Gasteiger partial charge in [-0.1, -0.05) is 20.8 Å². The summed E-state index contributed by atoms with van der Waals surface area (Å²) >= 11 is 0. The second kappa shape index (κ2) is 5.95. The number of carbonyl (C=O) groups excluding carboxylic acids is 1. The Kier molecular flexibility index (Phi) is 4.18. The summed E-state index contributed by atoms with van der Waals surface area (Å²) in [7, 11) is -1.91. The molecule has 142 valence electrons. The standard InChI is InChI=1S/C23H34O2Si/c1-22(2,3)26(4,5)25-21-7-6-16(15-24)11-20(21)23-12-17-8-18(13-23)10-19(9-17)14-23/h6-7,11,15,17-19H,8-10,12-14H2,1-5H3. The van der Waals surface area contributed by atoms with Crippen molar-refractivity contribution >= 4 is 14.6 Å². The van der Waals surface area contributed by atoms with Crippen LogP contribution in [0.15, 0.2) is 18.2 Å². The summed E-state index contributed by atoms with van der Waals surface area (Å²) < 4.78 is 6.81. The maximum Gasteiger partial charge on any atom is 0.250 e. The smallest absolute Gasteiger partial charge is 0.250 e. The molecule has 2 nitrogen and oxygen atoms in total. The minimum Gasteiger partial charge on any atom is -0.543 e. The third-order valence-corrected chi connectivity index (χ3v) is 12.3. The van der Waals surface area contributed by atoms with Crippen molar-refractivity contribution in [2.75, 3.05) is 0 Å². The van der Waals surface area contributed by atoms with Gasteiger partial charge in [0.2, 0.25) is 8.32 Å². The molecule has 1 aromatic carbocycles. The van der Waals surface area contributed by atoms with Gasteiger partial charge in [0, 0.05) is 5.56 Å². The monoisotopic (exact) mass is 370 g/mol. The fourth-order valence-electron chi connectivity index (χ4n) is 5.99. The van der Waals surface area contributed by atoms with E-state index in [0.29, 0.717) is 0 Å². The Balaban J connectivity index is 1.77. The first-order valence-electron chi connectivity index (χ1n) is 10.4. The van der Waals surface area contributed by atoms with Gasteiger partial charge >= 0.3 is 0 Å². The Morgan fingerprint density at radius 1 is 1.04 bits per heavy atom. The zero-order valence-corrected chi connectivity index (χ0v) is 18.1. The Morgan fingerprint density at radius 2 is 1.58 bits per heavy atom. The molecule has 4 saturated carbocycles. The van der Waals surface area contributed by atoms with Gasteiger partial charge in [-0.2, -0.15) is 0 Å². The van der Waals surface area contributed by atoms with E-state index in [4.69, 9.17) is 4.43 Å². The van der Waals surface area contributed by atoms with E-state index >= 15 is 0 Å². The molecule has 4 aliphatic rings. The molecule has 0 spiro atoms. The summed E-state index contributed by atoms with van der Waals surface area (Å²) in [5.74, 6) is 3.75. The first kappa shape index (κ1) is 18.3. The highest BCUT2D eigenvalue weighted by Crippen LogP contribution is 2.62. The maximum atomic E-state index is 11.5. The second-order valence-electron chi connectivity index (χ2n) is 10.9. The van der Waals surface area contributed by atoms with Gasteiger partial charge in [0.15, 0.2) is 0 Å². The van der Waals surface area contributed by atoms with Crippen molar-refractivity contribution in [3.8, 4) is 5.75 Å². The molecule has 0 unspecified atom stereocenters. The molecule has 0 aliphatic heterocycles. The molecule has 5 rings (SSSR count). The molecule has 1 aromatic rings. The van der Waals surface area contributed by atoms with Crippen LogP contribution in [0.1, 0.15) is 75.2 Å². The quantitative estimate of drug-likeness (QED) is 0.456. The largest absolute Gasteiger partial charge is 0.543 e. The Morgan fingerprint density at radius 3 is 2.04 bits per heavy atom. The minimum atomic E-state index is -1.91. The number of benzene rings is 1. The van der Waals surface area contributed by atoms with Gasteiger partial charge in [-0.25, -0.2) is 0 Å². The molecule has 26 heavy (non-hydrogen) atoms. The lowest BCUT2D eigenvalue weighted by atomic mass is 9.48. The molecule has 4 fully saturated rings. The average molecular weight is 371 g/mol. The maximum absolute atomic E-state index is 11.5. The van der Waals surface area contributed by atoms with Crippen molar-refractivity contribution in [3.63, 3.8) is 0 Å². The van der Waals surface area contributed by atoms with Crippen molar-refractivity contribution < 1.29 is 9.22 Å². The fraction of sp³-hybridized carbons (Fsp3) is 0.696. The molecule has 4 bridgehead atoms. The molecule has 0 amide bonds. The summed E-state index contributed by atoms with van der Waals surface area (Å²) in [6.45, 7) is 11.5. The molecule has 0 atom stereocenters. The zero-order chi connectivity index (χ0) is 18.7. The van der Waals surface area contributed by atoms with Gasteiger partial charge in [0.25, 0.3) is 0 Å². The lowest BCUT2D eigenvalue weighted by Crippen LogP contribution is -2.49. The first-order valence-corrected chi connectivity index (χ1v) is 13.3. The van der Waals surface area contributed by atoms with E-state index in [1.54, 1.807) is 0 Å². The molecule has 0 aromatic heterocycles. The minimum absolute atomic E-state index is 0.176. The molecule has 3 heteroatoms. The van der Waals surface area contributed by atoms with E-state index in [2.05, 4.69) is 46.0 Å². The number of hydrogen-bond donors (Lipinski definition) is 0. The molecule has 0 heterocycles. The second-order valence-corrected chi connectivity index (χ2v) is 15.7. The van der Waals surface area contributed by atoms with E-state index in [1.807, 2.05) is 6.07 Å². The molecule has 0 saturated heterocycles. The van der Waals surface area contributed by atoms with Gasteiger partial charge in [0.1, 0.15) is 12.0 Å². The predicted octanol–water partition coefficient (Wildman–Crippen LogP) is 6.35. The van der Waals surface area contributed by atoms with Gasteiger partial charge in [-0.3, -0.25) is 4.79 Å². The first-order chi connectivity index (χ1) is 12.1. The summed E-state index contributed by atoms with van der Waals surface area (Å²) in [4.78, 5) is 11.5. The SMILES string of the molecule is CC(C)(C)[Si](C)(C)Oc1ccc(C=O)cc1C12CC3CC(CC(C3)C1)C2. The van der Waals surface area contributed by atoms with Gasteiger partial charge in [-0.05, 0) is 104 Å². The third-order valence-electron chi connectivity index (χ3n) is 7.92. The van der Waals surface area contributed by atoms with Crippen LogP contribution in [-0.4, -0.2) is 14.6 Å². The number of hydrogen-bond acceptors (Lipinski definition) is 2. The lowest BCUT2D eigenvalue weighted by Gasteiger charge is -2.57. The van der Waals surface area contributed by atoms with Crippen molar-refractivity contribution in [3.05, 3.63) is 29.3 Å². The van der Waals surface area contributed by atoms with Crippen LogP contribution < -0.4 is 4.43 Å². The number of carbonyl (C=O) groups is 1. The summed E-state index contributed by atoms with van der Waals surface area (Å²) in [6, 6.07) is 6.21. The van der Waals surface area contributed by atoms with Crippen LogP contribution in [0.5, 0.6) is 5.75 Å². The topological polar surface area (TPSA) is 26.3 Å². The Labute approximate surface area is 159 Å². The van der Waals surface area contributed by atoms with E-state index in [1.165, 1.54) is 44.1 Å². The summed E-state index contributed by atoms with van der Waals surface area (Å²) in [6.07, 6.45) is 9.21. The van der Waals surface area contributed by atoms with Gasteiger partial charge in [0.05, 0.1) is 0 Å². The van der Waals surface area contributed by atoms with Crippen LogP contribution in [0.3, 0.4) is 0 Å². The molecule has 0 N–H and O–H groups in total. The van der Waals surface area contributed by atoms with Crippen molar-refractivity contribution in [1.29, 1.82) is 0 Å². The number of aldehydes is 1. The van der Waals surface area contributed by atoms with Gasteiger partial charge < -0.3 is 4.43 Å². The molecule has 4 aliphatic carbocycles. The molecule has 0 radical (unpaired) electrons. The van der Waals surface area contributed by atoms with Crippen molar-refractivity contribution in [2.24, 2.45) is 17.8 Å². The summed E-state index contributed by atoms with van der Waals surface area (Å²) in [5, 5.41) is 0.176. The van der Waals surface area contributed by atoms with Crippen molar-refractivity contribution in [2.45, 2.75) is 82.8 Å². The predicted molar refractivity (Wildman–Crippen MR) is 110 cm³/mol. The van der Waals surface area contributed by atoms with Gasteiger partial charge in [-0.15, -0.1) is 0 Å². The van der Waals surface area contributed by atoms with E-state index in [-0.39, 0.29) is 10.5 Å². The van der Waals surface area contributed by atoms with Crippen LogP contribution in [0.2, 0.25) is 18.1 Å². The fourth-order valence-corrected chi connectivity index (χ4v) is 7.03. The lowest BCUT2D eigenvalue weighted by molar-refractivity contribution is -0.00587. The highest BCUT2D eigenvalue weighted by molar-refractivity contribution is 6.74. The van der Waals surface area contributed by atoms with E-state index < -0.39 is 8.32 Å². The molecular weight excluding hydrogens is 336 g/mol. The number of rotatable bonds is 4. The average Bonchev–Trinajstić information content (AvgIpc) is 2.52. The zero-order valence-electron chi connectivity index (χ0n) is 17.1. The van der Waals surface area contributed by atoms with Crippen LogP contribution in [0.4, 0.5) is 0 Å². The van der Waals surface area contributed by atoms with E-state index in [9.17, 15) is 4.79 Å². The van der Waals surface area contributed by atoms with Crippen LogP contribution >= 0.6 is 0 Å². The molecular formula is C23H34O2Si. The van der Waals surface area contributed by atoms with Crippen LogP contribution in [-0.2, 0) is 5.41 Å².